The molecule has 0 aliphatic carbocycles. The summed E-state index contributed by atoms with van der Waals surface area (Å²) in [5, 5.41) is 0. The lowest BCUT2D eigenvalue weighted by molar-refractivity contribution is 0.349. The van der Waals surface area contributed by atoms with Crippen LogP contribution in [-0.2, 0) is 0 Å². The minimum absolute atomic E-state index is 0.0792. The van der Waals surface area contributed by atoms with Gasteiger partial charge in [-0.1, -0.05) is 0 Å². The molecule has 0 saturated heterocycles. The zero-order valence-corrected chi connectivity index (χ0v) is 10.3. The van der Waals surface area contributed by atoms with Crippen molar-refractivity contribution in [2.75, 3.05) is 21.3 Å². The average Bonchev–Trinajstić information content (AvgIpc) is 2.95. The quantitative estimate of drug-likeness (QED) is 0.810. The van der Waals surface area contributed by atoms with E-state index in [9.17, 15) is 4.79 Å². The first-order valence-corrected chi connectivity index (χ1v) is 5.20. The highest BCUT2D eigenvalue weighted by Crippen LogP contribution is 2.41. The van der Waals surface area contributed by atoms with Crippen molar-refractivity contribution in [2.45, 2.75) is 6.92 Å². The minimum atomic E-state index is 0.0792. The van der Waals surface area contributed by atoms with Crippen molar-refractivity contribution in [2.24, 2.45) is 0 Å². The van der Waals surface area contributed by atoms with Crippen LogP contribution in [0, 0.1) is 6.92 Å². The third-order valence-electron chi connectivity index (χ3n) is 2.86. The summed E-state index contributed by atoms with van der Waals surface area (Å²) in [6, 6.07) is 3.49. The van der Waals surface area contributed by atoms with Gasteiger partial charge in [-0.2, -0.15) is 0 Å². The average molecular weight is 234 g/mol. The van der Waals surface area contributed by atoms with Crippen LogP contribution in [0.3, 0.4) is 0 Å². The molecule has 17 heavy (non-hydrogen) atoms. The monoisotopic (exact) mass is 234 g/mol. The first-order chi connectivity index (χ1) is 8.13. The predicted molar refractivity (Wildman–Crippen MR) is 64.9 cm³/mol. The maximum atomic E-state index is 11.4. The van der Waals surface area contributed by atoms with E-state index in [0.29, 0.717) is 22.8 Å². The van der Waals surface area contributed by atoms with Crippen molar-refractivity contribution in [3.63, 3.8) is 0 Å². The smallest absolute Gasteiger partial charge is 0.190 e. The molecule has 0 radical (unpaired) electrons. The van der Waals surface area contributed by atoms with E-state index in [1.165, 1.54) is 0 Å². The molecule has 0 spiro atoms. The molecular weight excluding hydrogens is 220 g/mol. The summed E-state index contributed by atoms with van der Waals surface area (Å²) in [6.07, 6.45) is 0. The molecule has 2 aromatic rings. The van der Waals surface area contributed by atoms with Crippen LogP contribution in [0.15, 0.2) is 16.9 Å². The van der Waals surface area contributed by atoms with Crippen LogP contribution in [0.1, 0.15) is 5.56 Å². The Hall–Kier alpha value is -1.97. The van der Waals surface area contributed by atoms with E-state index < -0.39 is 0 Å². The normalized spacial score (nSPS) is 10.6. The third-order valence-corrected chi connectivity index (χ3v) is 2.86. The summed E-state index contributed by atoms with van der Waals surface area (Å²) in [7, 11) is 4.68. The molecule has 0 N–H and O–H groups in total. The third kappa shape index (κ3) is 1.75. The predicted octanol–water partition coefficient (Wildman–Crippen LogP) is 1.92. The Morgan fingerprint density at radius 2 is 1.35 bits per heavy atom. The molecule has 4 nitrogen and oxygen atoms in total. The standard InChI is InChI=1S/C13H14O4/c1-7-12(13(7)14)8-5-10(16-3)11(17-4)6-9(8)15-2/h5-6H,1-4H3. The van der Waals surface area contributed by atoms with Gasteiger partial charge in [0.25, 0.3) is 0 Å². The zero-order chi connectivity index (χ0) is 12.6. The number of methoxy groups -OCH3 is 3. The Balaban J connectivity index is 2.59. The fourth-order valence-electron chi connectivity index (χ4n) is 1.81. The summed E-state index contributed by atoms with van der Waals surface area (Å²) in [4.78, 5) is 11.4. The van der Waals surface area contributed by atoms with Gasteiger partial charge in [-0.3, -0.25) is 4.79 Å². The summed E-state index contributed by atoms with van der Waals surface area (Å²) < 4.78 is 15.7. The lowest BCUT2D eigenvalue weighted by Gasteiger charge is -2.12. The van der Waals surface area contributed by atoms with Crippen LogP contribution in [0.5, 0.6) is 17.2 Å². The SMILES string of the molecule is COc1cc(OC)c(-c2c(C)c2=O)cc1OC. The molecule has 0 fully saturated rings. The maximum Gasteiger partial charge on any atom is 0.190 e. The number of rotatable bonds is 4. The summed E-state index contributed by atoms with van der Waals surface area (Å²) in [5.74, 6) is 1.78. The molecule has 0 heterocycles. The van der Waals surface area contributed by atoms with E-state index >= 15 is 0 Å². The minimum Gasteiger partial charge on any atom is -0.496 e. The van der Waals surface area contributed by atoms with Gasteiger partial charge in [0.2, 0.25) is 0 Å². The molecule has 0 bridgehead atoms. The first-order valence-electron chi connectivity index (χ1n) is 5.20. The highest BCUT2D eigenvalue weighted by atomic mass is 16.5. The van der Waals surface area contributed by atoms with Gasteiger partial charge in [0, 0.05) is 22.8 Å². The van der Waals surface area contributed by atoms with Crippen LogP contribution >= 0.6 is 0 Å². The Morgan fingerprint density at radius 1 is 0.882 bits per heavy atom. The lowest BCUT2D eigenvalue weighted by atomic mass is 10.1. The van der Waals surface area contributed by atoms with Gasteiger partial charge in [-0.05, 0) is 13.0 Å². The van der Waals surface area contributed by atoms with Gasteiger partial charge < -0.3 is 14.2 Å². The van der Waals surface area contributed by atoms with Crippen molar-refractivity contribution in [3.8, 4) is 28.4 Å². The van der Waals surface area contributed by atoms with E-state index in [1.54, 1.807) is 40.4 Å². The molecule has 0 unspecified atom stereocenters. The van der Waals surface area contributed by atoms with Crippen molar-refractivity contribution in [1.82, 2.24) is 0 Å². The number of hydrogen-bond acceptors (Lipinski definition) is 4. The van der Waals surface area contributed by atoms with Crippen molar-refractivity contribution >= 4 is 0 Å². The van der Waals surface area contributed by atoms with Gasteiger partial charge in [0.1, 0.15) is 5.75 Å². The second-order valence-electron chi connectivity index (χ2n) is 3.74. The van der Waals surface area contributed by atoms with Crippen LogP contribution in [0.25, 0.3) is 11.1 Å². The molecule has 0 saturated carbocycles. The van der Waals surface area contributed by atoms with Crippen molar-refractivity contribution in [1.29, 1.82) is 0 Å². The Bertz CT molecular complexity index is 562. The molecule has 90 valence electrons. The molecule has 0 aliphatic heterocycles. The maximum absolute atomic E-state index is 11.4. The van der Waals surface area contributed by atoms with E-state index in [4.69, 9.17) is 14.2 Å². The number of hydrogen-bond donors (Lipinski definition) is 0. The molecule has 4 heteroatoms. The Kier molecular flexibility index (Phi) is 2.79. The molecule has 0 atom stereocenters. The van der Waals surface area contributed by atoms with E-state index in [2.05, 4.69) is 0 Å². The number of ether oxygens (including phenoxy) is 3. The molecule has 0 amide bonds. The highest BCUT2D eigenvalue weighted by Gasteiger charge is 2.24. The van der Waals surface area contributed by atoms with Crippen molar-refractivity contribution in [3.05, 3.63) is 27.9 Å². The molecule has 0 aliphatic rings. The second kappa shape index (κ2) is 4.13. The van der Waals surface area contributed by atoms with Crippen LogP contribution in [-0.4, -0.2) is 21.3 Å². The summed E-state index contributed by atoms with van der Waals surface area (Å²) >= 11 is 0. The Morgan fingerprint density at radius 3 is 1.76 bits per heavy atom. The Labute approximate surface area is 99.4 Å². The van der Waals surface area contributed by atoms with E-state index in [0.717, 1.165) is 11.1 Å². The molecule has 0 aromatic heterocycles. The lowest BCUT2D eigenvalue weighted by Crippen LogP contribution is -1.94. The number of benzene rings is 1. The van der Waals surface area contributed by atoms with E-state index in [1.807, 2.05) is 0 Å². The van der Waals surface area contributed by atoms with Crippen LogP contribution in [0.4, 0.5) is 0 Å². The summed E-state index contributed by atoms with van der Waals surface area (Å²) in [5.41, 5.74) is 2.32. The van der Waals surface area contributed by atoms with Gasteiger partial charge >= 0.3 is 0 Å². The molecule has 2 aromatic carbocycles. The van der Waals surface area contributed by atoms with Gasteiger partial charge in [-0.25, -0.2) is 0 Å². The second-order valence-corrected chi connectivity index (χ2v) is 3.74. The largest absolute Gasteiger partial charge is 0.496 e. The topological polar surface area (TPSA) is 44.8 Å². The van der Waals surface area contributed by atoms with Gasteiger partial charge in [0.15, 0.2) is 16.9 Å². The molecular formula is C13H14O4. The van der Waals surface area contributed by atoms with Crippen LogP contribution in [0.2, 0.25) is 0 Å². The molecule has 2 rings (SSSR count). The first kappa shape index (κ1) is 11.5. The zero-order valence-electron chi connectivity index (χ0n) is 10.3. The highest BCUT2D eigenvalue weighted by molar-refractivity contribution is 5.82. The van der Waals surface area contributed by atoms with Gasteiger partial charge in [-0.15, -0.1) is 0 Å². The fraction of sp³-hybridized carbons (Fsp3) is 0.308. The van der Waals surface area contributed by atoms with Crippen molar-refractivity contribution < 1.29 is 14.2 Å². The van der Waals surface area contributed by atoms with Crippen LogP contribution < -0.4 is 19.6 Å². The van der Waals surface area contributed by atoms with Gasteiger partial charge in [0.05, 0.1) is 21.3 Å². The summed E-state index contributed by atoms with van der Waals surface area (Å²) in [6.45, 7) is 1.80. The van der Waals surface area contributed by atoms with E-state index in [-0.39, 0.29) is 5.43 Å². The fourth-order valence-corrected chi connectivity index (χ4v) is 1.81.